The van der Waals surface area contributed by atoms with Crippen molar-refractivity contribution in [2.45, 2.75) is 13.5 Å². The van der Waals surface area contributed by atoms with Crippen LogP contribution in [0.5, 0.6) is 0 Å². The Kier molecular flexibility index (Phi) is 5.80. The van der Waals surface area contributed by atoms with Crippen LogP contribution in [-0.4, -0.2) is 79.9 Å². The first kappa shape index (κ1) is 18.8. The van der Waals surface area contributed by atoms with Crippen molar-refractivity contribution >= 4 is 23.8 Å². The van der Waals surface area contributed by atoms with Crippen molar-refractivity contribution in [3.63, 3.8) is 0 Å². The predicted octanol–water partition coefficient (Wildman–Crippen LogP) is -1.17. The minimum absolute atomic E-state index is 0.00969. The van der Waals surface area contributed by atoms with E-state index in [1.54, 1.807) is 6.92 Å². The first-order chi connectivity index (χ1) is 13.6. The third-order valence-electron chi connectivity index (χ3n) is 3.10. The van der Waals surface area contributed by atoms with Crippen molar-refractivity contribution in [3.05, 3.63) is 16.3 Å². The zero-order valence-electron chi connectivity index (χ0n) is 14.5. The van der Waals surface area contributed by atoms with Crippen LogP contribution in [-0.2, 0) is 6.54 Å². The van der Waals surface area contributed by atoms with E-state index in [2.05, 4.69) is 61.2 Å². The number of rotatable bonds is 9. The normalized spacial score (nSPS) is 10.5. The molecule has 0 aliphatic rings. The Morgan fingerprint density at radius 2 is 1.86 bits per heavy atom. The Bertz CT molecular complexity index is 973. The minimum atomic E-state index is -0.209. The lowest BCUT2D eigenvalue weighted by molar-refractivity contribution is 0.270. The van der Waals surface area contributed by atoms with Crippen molar-refractivity contribution < 1.29 is 10.2 Å². The van der Waals surface area contributed by atoms with E-state index in [1.165, 1.54) is 9.36 Å². The zero-order valence-corrected chi connectivity index (χ0v) is 14.5. The molecule has 3 rings (SSSR count). The Morgan fingerprint density at radius 3 is 2.54 bits per heavy atom. The van der Waals surface area contributed by atoms with Gasteiger partial charge in [-0.1, -0.05) is 0 Å². The van der Waals surface area contributed by atoms with E-state index in [-0.39, 0.29) is 50.1 Å². The summed E-state index contributed by atoms with van der Waals surface area (Å²) < 4.78 is 2.57. The van der Waals surface area contributed by atoms with Gasteiger partial charge in [-0.05, 0) is 17.6 Å². The van der Waals surface area contributed by atoms with Gasteiger partial charge in [0.2, 0.25) is 17.8 Å². The number of aliphatic hydroxyl groups excluding tert-OH is 2. The van der Waals surface area contributed by atoms with Gasteiger partial charge in [0, 0.05) is 11.5 Å². The summed E-state index contributed by atoms with van der Waals surface area (Å²) in [6.07, 6.45) is 0. The van der Waals surface area contributed by atoms with Gasteiger partial charge in [0.1, 0.15) is 5.82 Å². The fraction of sp³-hybridized carbons (Fsp3) is 0.455. The molecule has 0 fully saturated rings. The van der Waals surface area contributed by atoms with Crippen LogP contribution in [0.1, 0.15) is 5.82 Å². The standard InChI is InChI=1S/C11H15N15O2/c1-6-14-9(13-2-4-27)26(22-6)11-20-17-7(18-21-11)15-10-16-8(19-24-12)23-25(10)3-5-28/h27-28H,2-5H2,1H3,(H,13,14,22)(H,15,16,17,18,23). The Hall–Kier alpha value is -3.95. The second-order valence-corrected chi connectivity index (χ2v) is 5.07. The molecule has 0 saturated carbocycles. The van der Waals surface area contributed by atoms with Crippen molar-refractivity contribution in [2.75, 3.05) is 30.4 Å². The Morgan fingerprint density at radius 1 is 1.07 bits per heavy atom. The van der Waals surface area contributed by atoms with Crippen LogP contribution in [0.15, 0.2) is 5.11 Å². The molecule has 0 unspecified atom stereocenters. The monoisotopic (exact) mass is 389 g/mol. The van der Waals surface area contributed by atoms with Gasteiger partial charge in [-0.3, -0.25) is 5.32 Å². The third-order valence-corrected chi connectivity index (χ3v) is 3.10. The number of anilines is 3. The van der Waals surface area contributed by atoms with Gasteiger partial charge < -0.3 is 15.5 Å². The molecule has 17 heteroatoms. The number of nitrogens with zero attached hydrogens (tertiary/aromatic N) is 13. The molecule has 0 atom stereocenters. The molecule has 28 heavy (non-hydrogen) atoms. The number of hydrogen-bond acceptors (Lipinski definition) is 13. The summed E-state index contributed by atoms with van der Waals surface area (Å²) in [5.41, 5.74) is 8.48. The molecule has 3 aromatic rings. The van der Waals surface area contributed by atoms with Gasteiger partial charge in [-0.15, -0.1) is 30.6 Å². The van der Waals surface area contributed by atoms with Crippen molar-refractivity contribution in [1.82, 2.24) is 49.9 Å². The molecule has 4 N–H and O–H groups in total. The molecule has 146 valence electrons. The minimum Gasteiger partial charge on any atom is -0.395 e. The summed E-state index contributed by atoms with van der Waals surface area (Å²) in [5.74, 6) is 0.845. The first-order valence-corrected chi connectivity index (χ1v) is 7.88. The van der Waals surface area contributed by atoms with E-state index >= 15 is 0 Å². The summed E-state index contributed by atoms with van der Waals surface area (Å²) in [4.78, 5) is 10.7. The van der Waals surface area contributed by atoms with Crippen LogP contribution < -0.4 is 10.6 Å². The summed E-state index contributed by atoms with van der Waals surface area (Å²) in [6.45, 7) is 1.77. The molecule has 0 aliphatic carbocycles. The van der Waals surface area contributed by atoms with Crippen LogP contribution in [0.3, 0.4) is 0 Å². The smallest absolute Gasteiger partial charge is 0.292 e. The molecule has 0 bridgehead atoms. The van der Waals surface area contributed by atoms with Crippen LogP contribution >= 0.6 is 0 Å². The number of azide groups is 1. The topological polar surface area (TPSA) is 226 Å². The van der Waals surface area contributed by atoms with E-state index in [1.807, 2.05) is 0 Å². The molecular formula is C11H15N15O2. The SMILES string of the molecule is Cc1nc(NCCO)n(-c2nnc(Nc3nc(N=[N+]=[N-])nn3CCO)nn2)n1. The van der Waals surface area contributed by atoms with Crippen molar-refractivity contribution in [1.29, 1.82) is 0 Å². The maximum absolute atomic E-state index is 9.09. The maximum Gasteiger partial charge on any atom is 0.292 e. The van der Waals surface area contributed by atoms with Crippen molar-refractivity contribution in [2.24, 2.45) is 5.11 Å². The highest BCUT2D eigenvalue weighted by Gasteiger charge is 2.14. The van der Waals surface area contributed by atoms with E-state index < -0.39 is 0 Å². The number of nitrogens with one attached hydrogen (secondary N) is 2. The molecule has 0 aromatic carbocycles. The third kappa shape index (κ3) is 4.23. The largest absolute Gasteiger partial charge is 0.395 e. The Balaban J connectivity index is 1.81. The summed E-state index contributed by atoms with van der Waals surface area (Å²) in [5, 5.41) is 50.6. The molecule has 17 nitrogen and oxygen atoms in total. The molecule has 0 radical (unpaired) electrons. The first-order valence-electron chi connectivity index (χ1n) is 7.88. The van der Waals surface area contributed by atoms with Crippen LogP contribution in [0.2, 0.25) is 0 Å². The van der Waals surface area contributed by atoms with Crippen LogP contribution in [0, 0.1) is 6.92 Å². The number of aromatic nitrogens is 10. The van der Waals surface area contributed by atoms with Gasteiger partial charge in [0.05, 0.1) is 19.8 Å². The highest BCUT2D eigenvalue weighted by molar-refractivity contribution is 5.43. The number of aryl methyl sites for hydroxylation is 1. The molecule has 0 spiro atoms. The predicted molar refractivity (Wildman–Crippen MR) is 92.0 cm³/mol. The maximum atomic E-state index is 9.09. The van der Waals surface area contributed by atoms with Gasteiger partial charge in [-0.2, -0.15) is 14.6 Å². The zero-order chi connectivity index (χ0) is 19.9. The molecule has 3 aromatic heterocycles. The molecular weight excluding hydrogens is 374 g/mol. The lowest BCUT2D eigenvalue weighted by Crippen LogP contribution is -2.15. The molecule has 0 amide bonds. The van der Waals surface area contributed by atoms with Crippen LogP contribution in [0.25, 0.3) is 16.4 Å². The lowest BCUT2D eigenvalue weighted by atomic mass is 10.7. The Labute approximate surface area is 156 Å². The fourth-order valence-electron chi connectivity index (χ4n) is 2.05. The van der Waals surface area contributed by atoms with E-state index in [0.29, 0.717) is 11.8 Å². The van der Waals surface area contributed by atoms with Gasteiger partial charge in [0.15, 0.2) is 0 Å². The van der Waals surface area contributed by atoms with Gasteiger partial charge in [-0.25, -0.2) is 4.68 Å². The van der Waals surface area contributed by atoms with Gasteiger partial charge >= 0.3 is 0 Å². The molecule has 0 aliphatic heterocycles. The van der Waals surface area contributed by atoms with Crippen molar-refractivity contribution in [3.8, 4) is 5.95 Å². The van der Waals surface area contributed by atoms with E-state index in [4.69, 9.17) is 15.7 Å². The summed E-state index contributed by atoms with van der Waals surface area (Å²) >= 11 is 0. The van der Waals surface area contributed by atoms with Crippen LogP contribution in [0.4, 0.5) is 23.8 Å². The van der Waals surface area contributed by atoms with E-state index in [9.17, 15) is 0 Å². The molecule has 0 saturated heterocycles. The highest BCUT2D eigenvalue weighted by atomic mass is 16.3. The second-order valence-electron chi connectivity index (χ2n) is 5.07. The average molecular weight is 389 g/mol. The summed E-state index contributed by atoms with van der Waals surface area (Å²) in [6, 6.07) is 0. The number of aliphatic hydroxyl groups is 2. The lowest BCUT2D eigenvalue weighted by Gasteiger charge is -2.06. The summed E-state index contributed by atoms with van der Waals surface area (Å²) in [7, 11) is 0. The van der Waals surface area contributed by atoms with Gasteiger partial charge in [0.25, 0.3) is 11.9 Å². The fourth-order valence-corrected chi connectivity index (χ4v) is 2.05. The second kappa shape index (κ2) is 8.62. The number of hydrogen-bond donors (Lipinski definition) is 4. The highest BCUT2D eigenvalue weighted by Crippen LogP contribution is 2.15. The molecule has 3 heterocycles. The van der Waals surface area contributed by atoms with E-state index in [0.717, 1.165) is 0 Å². The quantitative estimate of drug-likeness (QED) is 0.193. The average Bonchev–Trinajstić information content (AvgIpc) is 3.24.